The quantitative estimate of drug-likeness (QED) is 0.759. The summed E-state index contributed by atoms with van der Waals surface area (Å²) in [6, 6.07) is 15.9. The van der Waals surface area contributed by atoms with Gasteiger partial charge in [-0.2, -0.15) is 0 Å². The van der Waals surface area contributed by atoms with Gasteiger partial charge in [-0.25, -0.2) is 4.98 Å². The summed E-state index contributed by atoms with van der Waals surface area (Å²) in [5.74, 6) is 0.715. The first-order valence-electron chi connectivity index (χ1n) is 7.87. The molecule has 0 saturated heterocycles. The molecule has 0 fully saturated rings. The Labute approximate surface area is 135 Å². The van der Waals surface area contributed by atoms with E-state index in [9.17, 15) is 4.79 Å². The maximum Gasteiger partial charge on any atom is 0.220 e. The minimum Gasteiger partial charge on any atom is -0.441 e. The molecule has 0 aliphatic heterocycles. The van der Waals surface area contributed by atoms with E-state index in [0.717, 1.165) is 17.5 Å². The van der Waals surface area contributed by atoms with Crippen LogP contribution in [0.1, 0.15) is 23.4 Å². The molecule has 4 heteroatoms. The van der Waals surface area contributed by atoms with Crippen LogP contribution in [0.2, 0.25) is 0 Å². The van der Waals surface area contributed by atoms with Gasteiger partial charge in [0.15, 0.2) is 11.5 Å². The summed E-state index contributed by atoms with van der Waals surface area (Å²) in [6.45, 7) is 2.60. The number of hydrogen-bond acceptors (Lipinski definition) is 3. The first kappa shape index (κ1) is 15.3. The van der Waals surface area contributed by atoms with Crippen molar-refractivity contribution in [2.45, 2.75) is 26.2 Å². The van der Waals surface area contributed by atoms with Gasteiger partial charge in [0.1, 0.15) is 5.52 Å². The predicted octanol–water partition coefficient (Wildman–Crippen LogP) is 3.43. The topological polar surface area (TPSA) is 55.1 Å². The van der Waals surface area contributed by atoms with Crippen molar-refractivity contribution in [2.75, 3.05) is 6.54 Å². The molecule has 0 unspecified atom stereocenters. The second-order valence-electron chi connectivity index (χ2n) is 5.66. The number of nitrogens with zero attached hydrogens (tertiary/aromatic N) is 1. The molecule has 0 bridgehead atoms. The Kier molecular flexibility index (Phi) is 4.71. The van der Waals surface area contributed by atoms with Crippen LogP contribution in [-0.4, -0.2) is 17.4 Å². The van der Waals surface area contributed by atoms with Crippen LogP contribution in [0.4, 0.5) is 0 Å². The zero-order valence-corrected chi connectivity index (χ0v) is 13.2. The monoisotopic (exact) mass is 308 g/mol. The van der Waals surface area contributed by atoms with Crippen molar-refractivity contribution in [3.63, 3.8) is 0 Å². The smallest absolute Gasteiger partial charge is 0.220 e. The predicted molar refractivity (Wildman–Crippen MR) is 90.2 cm³/mol. The van der Waals surface area contributed by atoms with E-state index in [1.54, 1.807) is 0 Å². The summed E-state index contributed by atoms with van der Waals surface area (Å²) >= 11 is 0. The van der Waals surface area contributed by atoms with Crippen molar-refractivity contribution in [3.8, 4) is 0 Å². The third-order valence-corrected chi connectivity index (χ3v) is 3.76. The molecule has 0 aliphatic carbocycles. The van der Waals surface area contributed by atoms with E-state index in [1.807, 2.05) is 24.3 Å². The Morgan fingerprint density at radius 1 is 1.09 bits per heavy atom. The number of benzene rings is 2. The molecule has 0 atom stereocenters. The van der Waals surface area contributed by atoms with Crippen LogP contribution in [0.3, 0.4) is 0 Å². The number of aromatic nitrogens is 1. The lowest BCUT2D eigenvalue weighted by Crippen LogP contribution is -2.25. The molecule has 118 valence electrons. The summed E-state index contributed by atoms with van der Waals surface area (Å²) in [4.78, 5) is 16.3. The van der Waals surface area contributed by atoms with Crippen LogP contribution in [-0.2, 0) is 17.6 Å². The molecule has 2 aromatic carbocycles. The lowest BCUT2D eigenvalue weighted by atomic mass is 10.1. The number of amides is 1. The summed E-state index contributed by atoms with van der Waals surface area (Å²) < 4.78 is 5.63. The van der Waals surface area contributed by atoms with Crippen LogP contribution >= 0.6 is 0 Å². The maximum atomic E-state index is 11.9. The molecule has 4 nitrogen and oxygen atoms in total. The van der Waals surface area contributed by atoms with Gasteiger partial charge in [0, 0.05) is 19.4 Å². The SMILES string of the molecule is Cc1ccc(CCC(=O)NCCc2nc3ccccc3o2)cc1. The Hall–Kier alpha value is -2.62. The number of rotatable bonds is 6. The van der Waals surface area contributed by atoms with Gasteiger partial charge in [-0.05, 0) is 31.0 Å². The highest BCUT2D eigenvalue weighted by atomic mass is 16.3. The number of carbonyl (C=O) groups excluding carboxylic acids is 1. The second kappa shape index (κ2) is 7.09. The lowest BCUT2D eigenvalue weighted by molar-refractivity contribution is -0.121. The molecule has 0 spiro atoms. The molecule has 1 heterocycles. The van der Waals surface area contributed by atoms with Crippen LogP contribution in [0.5, 0.6) is 0 Å². The van der Waals surface area contributed by atoms with Crippen molar-refractivity contribution < 1.29 is 9.21 Å². The van der Waals surface area contributed by atoms with Crippen LogP contribution in [0.25, 0.3) is 11.1 Å². The number of hydrogen-bond donors (Lipinski definition) is 1. The Bertz CT molecular complexity index is 757. The molecule has 3 rings (SSSR count). The third kappa shape index (κ3) is 4.19. The fourth-order valence-corrected chi connectivity index (χ4v) is 2.44. The van der Waals surface area contributed by atoms with Crippen molar-refractivity contribution >= 4 is 17.0 Å². The molecule has 0 saturated carbocycles. The number of carbonyl (C=O) groups is 1. The van der Waals surface area contributed by atoms with Crippen molar-refractivity contribution in [1.29, 1.82) is 0 Å². The van der Waals surface area contributed by atoms with Gasteiger partial charge < -0.3 is 9.73 Å². The normalized spacial score (nSPS) is 10.8. The highest BCUT2D eigenvalue weighted by Gasteiger charge is 2.06. The zero-order valence-electron chi connectivity index (χ0n) is 13.2. The van der Waals surface area contributed by atoms with Gasteiger partial charge in [-0.1, -0.05) is 42.0 Å². The number of fused-ring (bicyclic) bond motifs is 1. The van der Waals surface area contributed by atoms with E-state index in [-0.39, 0.29) is 5.91 Å². The number of nitrogens with one attached hydrogen (secondary N) is 1. The Balaban J connectivity index is 1.43. The third-order valence-electron chi connectivity index (χ3n) is 3.76. The minimum atomic E-state index is 0.0571. The Morgan fingerprint density at radius 2 is 1.87 bits per heavy atom. The first-order valence-corrected chi connectivity index (χ1v) is 7.87. The molecule has 23 heavy (non-hydrogen) atoms. The highest BCUT2D eigenvalue weighted by molar-refractivity contribution is 5.76. The average Bonchev–Trinajstić information content (AvgIpc) is 2.97. The van der Waals surface area contributed by atoms with E-state index in [2.05, 4.69) is 41.5 Å². The van der Waals surface area contributed by atoms with Crippen LogP contribution in [0.15, 0.2) is 52.9 Å². The summed E-state index contributed by atoms with van der Waals surface area (Å²) in [5, 5.41) is 2.92. The molecule has 0 aliphatic rings. The molecule has 0 radical (unpaired) electrons. The Morgan fingerprint density at radius 3 is 2.65 bits per heavy atom. The van der Waals surface area contributed by atoms with E-state index >= 15 is 0 Å². The van der Waals surface area contributed by atoms with Gasteiger partial charge >= 0.3 is 0 Å². The van der Waals surface area contributed by atoms with E-state index < -0.39 is 0 Å². The lowest BCUT2D eigenvalue weighted by Gasteiger charge is -2.04. The fourth-order valence-electron chi connectivity index (χ4n) is 2.44. The number of aryl methyl sites for hydroxylation is 2. The summed E-state index contributed by atoms with van der Waals surface area (Å²) in [7, 11) is 0. The van der Waals surface area contributed by atoms with Gasteiger partial charge in [0.25, 0.3) is 0 Å². The summed E-state index contributed by atoms with van der Waals surface area (Å²) in [5.41, 5.74) is 4.06. The molecular weight excluding hydrogens is 288 g/mol. The first-order chi connectivity index (χ1) is 11.2. The van der Waals surface area contributed by atoms with Gasteiger partial charge in [-0.3, -0.25) is 4.79 Å². The summed E-state index contributed by atoms with van der Waals surface area (Å²) in [6.07, 6.45) is 1.86. The second-order valence-corrected chi connectivity index (χ2v) is 5.66. The van der Waals surface area contributed by atoms with Crippen molar-refractivity contribution in [1.82, 2.24) is 10.3 Å². The van der Waals surface area contributed by atoms with Crippen molar-refractivity contribution in [3.05, 3.63) is 65.5 Å². The maximum absolute atomic E-state index is 11.9. The minimum absolute atomic E-state index is 0.0571. The zero-order chi connectivity index (χ0) is 16.1. The van der Waals surface area contributed by atoms with Crippen LogP contribution < -0.4 is 5.32 Å². The van der Waals surface area contributed by atoms with Gasteiger partial charge in [0.05, 0.1) is 0 Å². The number of oxazole rings is 1. The van der Waals surface area contributed by atoms with Gasteiger partial charge in [-0.15, -0.1) is 0 Å². The van der Waals surface area contributed by atoms with Crippen molar-refractivity contribution in [2.24, 2.45) is 0 Å². The fraction of sp³-hybridized carbons (Fsp3) is 0.263. The molecular formula is C19H20N2O2. The van der Waals surface area contributed by atoms with E-state index in [0.29, 0.717) is 25.3 Å². The van der Waals surface area contributed by atoms with E-state index in [1.165, 1.54) is 11.1 Å². The standard InChI is InChI=1S/C19H20N2O2/c1-14-6-8-15(9-7-14)10-11-18(22)20-13-12-19-21-16-4-2-3-5-17(16)23-19/h2-9H,10-13H2,1H3,(H,20,22). The molecule has 1 N–H and O–H groups in total. The highest BCUT2D eigenvalue weighted by Crippen LogP contribution is 2.14. The number of para-hydroxylation sites is 2. The van der Waals surface area contributed by atoms with Gasteiger partial charge in [0.2, 0.25) is 5.91 Å². The van der Waals surface area contributed by atoms with E-state index in [4.69, 9.17) is 4.42 Å². The van der Waals surface area contributed by atoms with Crippen LogP contribution in [0, 0.1) is 6.92 Å². The largest absolute Gasteiger partial charge is 0.441 e. The molecule has 1 amide bonds. The molecule has 3 aromatic rings. The average molecular weight is 308 g/mol. The molecule has 1 aromatic heterocycles.